The van der Waals surface area contributed by atoms with Gasteiger partial charge in [-0.15, -0.1) is 0 Å². The molecule has 2 unspecified atom stereocenters. The van der Waals surface area contributed by atoms with Crippen LogP contribution in [-0.4, -0.2) is 48.0 Å². The van der Waals surface area contributed by atoms with Crippen LogP contribution in [-0.2, 0) is 4.79 Å². The highest BCUT2D eigenvalue weighted by atomic mass is 16.3. The Kier molecular flexibility index (Phi) is 7.29. The van der Waals surface area contributed by atoms with Gasteiger partial charge in [-0.3, -0.25) is 4.79 Å². The third kappa shape index (κ3) is 7.30. The second kappa shape index (κ2) is 7.62. The van der Waals surface area contributed by atoms with Crippen molar-refractivity contribution in [2.75, 3.05) is 19.7 Å². The summed E-state index contributed by atoms with van der Waals surface area (Å²) >= 11 is 0. The number of hydrogen-bond acceptors (Lipinski definition) is 4. The molecule has 0 aromatic heterocycles. The summed E-state index contributed by atoms with van der Waals surface area (Å²) in [6.45, 7) is 6.33. The van der Waals surface area contributed by atoms with Gasteiger partial charge in [0.25, 0.3) is 0 Å². The molecule has 0 aliphatic heterocycles. The summed E-state index contributed by atoms with van der Waals surface area (Å²) in [6, 6.07) is -0.357. The Morgan fingerprint density at radius 3 is 2.33 bits per heavy atom. The van der Waals surface area contributed by atoms with Crippen molar-refractivity contribution in [2.24, 2.45) is 5.92 Å². The number of aliphatic hydroxyl groups excluding tert-OH is 2. The second-order valence-corrected chi connectivity index (χ2v) is 4.11. The van der Waals surface area contributed by atoms with Gasteiger partial charge in [0.2, 0.25) is 5.91 Å². The van der Waals surface area contributed by atoms with E-state index >= 15 is 0 Å². The second-order valence-electron chi connectivity index (χ2n) is 4.11. The van der Waals surface area contributed by atoms with Crippen LogP contribution in [0.4, 0.5) is 0 Å². The van der Waals surface area contributed by atoms with Crippen molar-refractivity contribution in [1.29, 1.82) is 0 Å². The maximum atomic E-state index is 11.4. The van der Waals surface area contributed by atoms with Crippen LogP contribution in [0.15, 0.2) is 0 Å². The monoisotopic (exact) mass is 218 g/mol. The third-order valence-corrected chi connectivity index (χ3v) is 1.95. The minimum atomic E-state index is -0.814. The molecule has 5 heteroatoms. The van der Waals surface area contributed by atoms with Crippen LogP contribution in [0.25, 0.3) is 0 Å². The summed E-state index contributed by atoms with van der Waals surface area (Å²) in [5, 5.41) is 23.2. The van der Waals surface area contributed by atoms with Crippen LogP contribution in [0.3, 0.4) is 0 Å². The van der Waals surface area contributed by atoms with Gasteiger partial charge in [0.15, 0.2) is 0 Å². The van der Waals surface area contributed by atoms with Crippen LogP contribution in [0, 0.1) is 5.92 Å². The summed E-state index contributed by atoms with van der Waals surface area (Å²) in [6.07, 6.45) is -0.814. The number of aliphatic hydroxyl groups is 2. The third-order valence-electron chi connectivity index (χ3n) is 1.95. The molecule has 0 saturated carbocycles. The lowest BCUT2D eigenvalue weighted by atomic mass is 10.2. The molecule has 0 radical (unpaired) electrons. The molecule has 15 heavy (non-hydrogen) atoms. The molecule has 0 aromatic carbocycles. The normalized spacial score (nSPS) is 15.1. The van der Waals surface area contributed by atoms with E-state index < -0.39 is 6.10 Å². The summed E-state index contributed by atoms with van der Waals surface area (Å²) < 4.78 is 0. The predicted octanol–water partition coefficient (Wildman–Crippen LogP) is -0.910. The van der Waals surface area contributed by atoms with Crippen LogP contribution in [0.1, 0.15) is 20.8 Å². The van der Waals surface area contributed by atoms with Crippen molar-refractivity contribution in [2.45, 2.75) is 32.9 Å². The van der Waals surface area contributed by atoms with Gasteiger partial charge >= 0.3 is 0 Å². The van der Waals surface area contributed by atoms with E-state index in [4.69, 9.17) is 10.2 Å². The first-order valence-corrected chi connectivity index (χ1v) is 5.27. The Hall–Kier alpha value is -0.650. The van der Waals surface area contributed by atoms with E-state index in [0.29, 0.717) is 12.5 Å². The van der Waals surface area contributed by atoms with Gasteiger partial charge < -0.3 is 20.8 Å². The Morgan fingerprint density at radius 2 is 1.87 bits per heavy atom. The van der Waals surface area contributed by atoms with Crippen LogP contribution >= 0.6 is 0 Å². The Morgan fingerprint density at radius 1 is 1.27 bits per heavy atom. The number of rotatable bonds is 7. The van der Waals surface area contributed by atoms with E-state index in [-0.39, 0.29) is 25.1 Å². The topological polar surface area (TPSA) is 81.6 Å². The Bertz CT molecular complexity index is 186. The van der Waals surface area contributed by atoms with E-state index in [0.717, 1.165) is 0 Å². The fraction of sp³-hybridized carbons (Fsp3) is 0.900. The van der Waals surface area contributed by atoms with Crippen LogP contribution in [0.5, 0.6) is 0 Å². The van der Waals surface area contributed by atoms with E-state index in [1.54, 1.807) is 6.92 Å². The lowest BCUT2D eigenvalue weighted by molar-refractivity contribution is -0.123. The molecule has 0 aliphatic carbocycles. The molecular formula is C10H22N2O3. The van der Waals surface area contributed by atoms with Crippen LogP contribution in [0.2, 0.25) is 0 Å². The Labute approximate surface area is 90.9 Å². The van der Waals surface area contributed by atoms with Crippen molar-refractivity contribution in [3.05, 3.63) is 0 Å². The summed E-state index contributed by atoms with van der Waals surface area (Å²) in [5.74, 6) is 0.332. The molecule has 0 rings (SSSR count). The Balaban J connectivity index is 3.69. The quantitative estimate of drug-likeness (QED) is 0.446. The molecule has 0 aromatic rings. The zero-order valence-corrected chi connectivity index (χ0v) is 9.66. The van der Waals surface area contributed by atoms with Crippen molar-refractivity contribution >= 4 is 5.91 Å². The van der Waals surface area contributed by atoms with Gasteiger partial charge in [0.05, 0.1) is 18.8 Å². The number of carbonyl (C=O) groups excluding carboxylic acids is 1. The molecule has 0 saturated heterocycles. The van der Waals surface area contributed by atoms with E-state index in [9.17, 15) is 4.79 Å². The number of hydrogen-bond donors (Lipinski definition) is 4. The minimum Gasteiger partial charge on any atom is -0.394 e. The van der Waals surface area contributed by atoms with Gasteiger partial charge in [0, 0.05) is 13.1 Å². The molecular weight excluding hydrogens is 196 g/mol. The average Bonchev–Trinajstić information content (AvgIpc) is 2.21. The first kappa shape index (κ1) is 14.3. The van der Waals surface area contributed by atoms with Crippen molar-refractivity contribution in [3.8, 4) is 0 Å². The van der Waals surface area contributed by atoms with E-state index in [1.807, 2.05) is 13.8 Å². The molecule has 0 aliphatic rings. The highest BCUT2D eigenvalue weighted by Crippen LogP contribution is 1.89. The van der Waals surface area contributed by atoms with E-state index in [1.165, 1.54) is 0 Å². The summed E-state index contributed by atoms with van der Waals surface area (Å²) in [4.78, 5) is 11.4. The number of amides is 1. The predicted molar refractivity (Wildman–Crippen MR) is 58.4 cm³/mol. The van der Waals surface area contributed by atoms with Gasteiger partial charge in [-0.05, 0) is 12.8 Å². The standard InChI is InChI=1S/C10H22N2O3/c1-7(2)4-12-10(15)8(3)11-5-9(14)6-13/h7-9,11,13-14H,4-6H2,1-3H3,(H,12,15). The molecule has 1 amide bonds. The largest absolute Gasteiger partial charge is 0.394 e. The summed E-state index contributed by atoms with van der Waals surface area (Å²) in [7, 11) is 0. The van der Waals surface area contributed by atoms with Gasteiger partial charge in [0.1, 0.15) is 0 Å². The fourth-order valence-electron chi connectivity index (χ4n) is 0.928. The van der Waals surface area contributed by atoms with Gasteiger partial charge in [-0.25, -0.2) is 0 Å². The highest BCUT2D eigenvalue weighted by Gasteiger charge is 2.13. The molecule has 4 N–H and O–H groups in total. The lowest BCUT2D eigenvalue weighted by Crippen LogP contribution is -2.46. The number of carbonyl (C=O) groups is 1. The first-order valence-electron chi connectivity index (χ1n) is 5.27. The molecule has 0 heterocycles. The highest BCUT2D eigenvalue weighted by molar-refractivity contribution is 5.81. The maximum Gasteiger partial charge on any atom is 0.236 e. The van der Waals surface area contributed by atoms with Gasteiger partial charge in [-0.2, -0.15) is 0 Å². The van der Waals surface area contributed by atoms with Crippen molar-refractivity contribution < 1.29 is 15.0 Å². The smallest absolute Gasteiger partial charge is 0.236 e. The minimum absolute atomic E-state index is 0.0890. The summed E-state index contributed by atoms with van der Waals surface area (Å²) in [5.41, 5.74) is 0. The fourth-order valence-corrected chi connectivity index (χ4v) is 0.928. The first-order chi connectivity index (χ1) is 6.97. The molecule has 2 atom stereocenters. The SMILES string of the molecule is CC(C)CNC(=O)C(C)NCC(O)CO. The zero-order chi connectivity index (χ0) is 11.8. The zero-order valence-electron chi connectivity index (χ0n) is 9.66. The number of nitrogens with one attached hydrogen (secondary N) is 2. The average molecular weight is 218 g/mol. The van der Waals surface area contributed by atoms with Crippen LogP contribution < -0.4 is 10.6 Å². The van der Waals surface area contributed by atoms with E-state index in [2.05, 4.69) is 10.6 Å². The van der Waals surface area contributed by atoms with Gasteiger partial charge in [-0.1, -0.05) is 13.8 Å². The molecule has 0 fully saturated rings. The van der Waals surface area contributed by atoms with Crippen molar-refractivity contribution in [1.82, 2.24) is 10.6 Å². The maximum absolute atomic E-state index is 11.4. The molecule has 5 nitrogen and oxygen atoms in total. The molecule has 90 valence electrons. The molecule has 0 bridgehead atoms. The lowest BCUT2D eigenvalue weighted by Gasteiger charge is -2.16. The molecule has 0 spiro atoms. The van der Waals surface area contributed by atoms with Crippen molar-refractivity contribution in [3.63, 3.8) is 0 Å².